The molecule has 0 saturated carbocycles. The SMILES string of the molecule is CCNc1ccnc(C(=O)NCc2ncc[nH]2)c1. The number of H-pyrrole nitrogens is 1. The van der Waals surface area contributed by atoms with Crippen LogP contribution in [-0.4, -0.2) is 27.4 Å². The van der Waals surface area contributed by atoms with Gasteiger partial charge in [-0.05, 0) is 19.1 Å². The number of anilines is 1. The number of nitrogens with zero attached hydrogens (tertiary/aromatic N) is 2. The first kappa shape index (κ1) is 12.1. The number of imidazole rings is 1. The second kappa shape index (κ2) is 5.81. The van der Waals surface area contributed by atoms with E-state index in [9.17, 15) is 4.79 Å². The lowest BCUT2D eigenvalue weighted by molar-refractivity contribution is 0.0945. The number of hydrogen-bond donors (Lipinski definition) is 3. The summed E-state index contributed by atoms with van der Waals surface area (Å²) in [7, 11) is 0. The molecule has 0 aliphatic carbocycles. The van der Waals surface area contributed by atoms with Crippen molar-refractivity contribution in [1.82, 2.24) is 20.3 Å². The molecule has 0 aliphatic rings. The van der Waals surface area contributed by atoms with Crippen LogP contribution >= 0.6 is 0 Å². The Balaban J connectivity index is 1.97. The molecule has 0 radical (unpaired) electrons. The van der Waals surface area contributed by atoms with E-state index in [-0.39, 0.29) is 5.91 Å². The molecule has 94 valence electrons. The van der Waals surface area contributed by atoms with Gasteiger partial charge in [-0.3, -0.25) is 9.78 Å². The molecule has 18 heavy (non-hydrogen) atoms. The van der Waals surface area contributed by atoms with Gasteiger partial charge in [0.15, 0.2) is 0 Å². The van der Waals surface area contributed by atoms with Crippen molar-refractivity contribution in [1.29, 1.82) is 0 Å². The van der Waals surface area contributed by atoms with E-state index in [1.165, 1.54) is 0 Å². The standard InChI is InChI=1S/C12H15N5O/c1-2-13-9-3-4-14-10(7-9)12(18)17-8-11-15-5-6-16-11/h3-7H,2,8H2,1H3,(H,13,14)(H,15,16)(H,17,18). The minimum Gasteiger partial charge on any atom is -0.385 e. The normalized spacial score (nSPS) is 10.1. The lowest BCUT2D eigenvalue weighted by Gasteiger charge is -2.06. The molecule has 1 amide bonds. The van der Waals surface area contributed by atoms with E-state index in [1.54, 1.807) is 24.7 Å². The van der Waals surface area contributed by atoms with Crippen molar-refractivity contribution in [2.75, 3.05) is 11.9 Å². The van der Waals surface area contributed by atoms with Gasteiger partial charge >= 0.3 is 0 Å². The Morgan fingerprint density at radius 2 is 2.28 bits per heavy atom. The first-order valence-electron chi connectivity index (χ1n) is 5.76. The quantitative estimate of drug-likeness (QED) is 0.738. The molecule has 2 aromatic heterocycles. The average Bonchev–Trinajstić information content (AvgIpc) is 2.90. The Hall–Kier alpha value is -2.37. The highest BCUT2D eigenvalue weighted by atomic mass is 16.1. The Bertz CT molecular complexity index is 509. The van der Waals surface area contributed by atoms with Crippen LogP contribution in [0.25, 0.3) is 0 Å². The molecule has 2 aromatic rings. The zero-order valence-corrected chi connectivity index (χ0v) is 10.1. The number of rotatable bonds is 5. The van der Waals surface area contributed by atoms with E-state index in [2.05, 4.69) is 25.6 Å². The summed E-state index contributed by atoms with van der Waals surface area (Å²) < 4.78 is 0. The predicted molar refractivity (Wildman–Crippen MR) is 68.2 cm³/mol. The summed E-state index contributed by atoms with van der Waals surface area (Å²) >= 11 is 0. The summed E-state index contributed by atoms with van der Waals surface area (Å²) in [4.78, 5) is 22.8. The van der Waals surface area contributed by atoms with Gasteiger partial charge in [0.05, 0.1) is 6.54 Å². The maximum Gasteiger partial charge on any atom is 0.270 e. The molecule has 0 bridgehead atoms. The number of carbonyl (C=O) groups is 1. The third-order valence-electron chi connectivity index (χ3n) is 2.34. The van der Waals surface area contributed by atoms with E-state index >= 15 is 0 Å². The first-order chi connectivity index (χ1) is 8.79. The number of amides is 1. The van der Waals surface area contributed by atoms with Crippen LogP contribution in [-0.2, 0) is 6.54 Å². The maximum absolute atomic E-state index is 11.9. The monoisotopic (exact) mass is 245 g/mol. The summed E-state index contributed by atoms with van der Waals surface area (Å²) in [6.07, 6.45) is 4.97. The van der Waals surface area contributed by atoms with Crippen LogP contribution in [0.3, 0.4) is 0 Å². The fraction of sp³-hybridized carbons (Fsp3) is 0.250. The second-order valence-electron chi connectivity index (χ2n) is 3.68. The minimum absolute atomic E-state index is 0.217. The van der Waals surface area contributed by atoms with Crippen molar-refractivity contribution in [2.24, 2.45) is 0 Å². The Kier molecular flexibility index (Phi) is 3.90. The number of aromatic nitrogens is 3. The Labute approximate surface area is 105 Å². The fourth-order valence-corrected chi connectivity index (χ4v) is 1.52. The van der Waals surface area contributed by atoms with Crippen LogP contribution in [0.1, 0.15) is 23.2 Å². The van der Waals surface area contributed by atoms with Gasteiger partial charge in [0.2, 0.25) is 0 Å². The van der Waals surface area contributed by atoms with Crippen molar-refractivity contribution in [3.8, 4) is 0 Å². The highest BCUT2D eigenvalue weighted by molar-refractivity contribution is 5.92. The molecule has 3 N–H and O–H groups in total. The van der Waals surface area contributed by atoms with E-state index in [4.69, 9.17) is 0 Å². The van der Waals surface area contributed by atoms with Gasteiger partial charge in [-0.2, -0.15) is 0 Å². The van der Waals surface area contributed by atoms with E-state index < -0.39 is 0 Å². The lowest BCUT2D eigenvalue weighted by atomic mass is 10.3. The maximum atomic E-state index is 11.9. The van der Waals surface area contributed by atoms with Gasteiger partial charge in [0, 0.05) is 30.8 Å². The first-order valence-corrected chi connectivity index (χ1v) is 5.76. The van der Waals surface area contributed by atoms with Crippen molar-refractivity contribution in [2.45, 2.75) is 13.5 Å². The lowest BCUT2D eigenvalue weighted by Crippen LogP contribution is -2.24. The molecule has 0 fully saturated rings. The molecular weight excluding hydrogens is 230 g/mol. The molecule has 0 aromatic carbocycles. The summed E-state index contributed by atoms with van der Waals surface area (Å²) in [6, 6.07) is 3.55. The van der Waals surface area contributed by atoms with E-state index in [0.717, 1.165) is 12.2 Å². The van der Waals surface area contributed by atoms with Gasteiger partial charge in [0.1, 0.15) is 11.5 Å². The minimum atomic E-state index is -0.217. The summed E-state index contributed by atoms with van der Waals surface area (Å²) in [5.74, 6) is 0.498. The van der Waals surface area contributed by atoms with E-state index in [0.29, 0.717) is 18.1 Å². The van der Waals surface area contributed by atoms with Crippen molar-refractivity contribution >= 4 is 11.6 Å². The van der Waals surface area contributed by atoms with Crippen LogP contribution in [0.15, 0.2) is 30.7 Å². The molecule has 0 spiro atoms. The third-order valence-corrected chi connectivity index (χ3v) is 2.34. The van der Waals surface area contributed by atoms with Crippen LogP contribution in [0, 0.1) is 0 Å². The van der Waals surface area contributed by atoms with Crippen LogP contribution in [0.4, 0.5) is 5.69 Å². The molecule has 0 aliphatic heterocycles. The van der Waals surface area contributed by atoms with E-state index in [1.807, 2.05) is 13.0 Å². The number of aromatic amines is 1. The number of pyridine rings is 1. The molecule has 6 heteroatoms. The van der Waals surface area contributed by atoms with Crippen LogP contribution in [0.5, 0.6) is 0 Å². The summed E-state index contributed by atoms with van der Waals surface area (Å²) in [6.45, 7) is 3.16. The largest absolute Gasteiger partial charge is 0.385 e. The molecule has 2 rings (SSSR count). The molecule has 0 atom stereocenters. The highest BCUT2D eigenvalue weighted by Gasteiger charge is 2.07. The third kappa shape index (κ3) is 3.07. The van der Waals surface area contributed by atoms with Crippen LogP contribution in [0.2, 0.25) is 0 Å². The molecule has 2 heterocycles. The number of nitrogens with one attached hydrogen (secondary N) is 3. The summed E-state index contributed by atoms with van der Waals surface area (Å²) in [5.41, 5.74) is 1.27. The van der Waals surface area contributed by atoms with Crippen molar-refractivity contribution < 1.29 is 4.79 Å². The molecule has 6 nitrogen and oxygen atoms in total. The van der Waals surface area contributed by atoms with Crippen molar-refractivity contribution in [3.05, 3.63) is 42.2 Å². The van der Waals surface area contributed by atoms with Crippen LogP contribution < -0.4 is 10.6 Å². The van der Waals surface area contributed by atoms with Crippen molar-refractivity contribution in [3.63, 3.8) is 0 Å². The smallest absolute Gasteiger partial charge is 0.270 e. The van der Waals surface area contributed by atoms with Gasteiger partial charge in [-0.15, -0.1) is 0 Å². The summed E-state index contributed by atoms with van der Waals surface area (Å²) in [5, 5.41) is 5.88. The zero-order chi connectivity index (χ0) is 12.8. The topological polar surface area (TPSA) is 82.7 Å². The highest BCUT2D eigenvalue weighted by Crippen LogP contribution is 2.07. The van der Waals surface area contributed by atoms with Gasteiger partial charge in [-0.1, -0.05) is 0 Å². The Morgan fingerprint density at radius 1 is 1.39 bits per heavy atom. The second-order valence-corrected chi connectivity index (χ2v) is 3.68. The number of carbonyl (C=O) groups excluding carboxylic acids is 1. The molecule has 0 unspecified atom stereocenters. The molecular formula is C12H15N5O. The predicted octanol–water partition coefficient (Wildman–Crippen LogP) is 1.17. The van der Waals surface area contributed by atoms with Gasteiger partial charge < -0.3 is 15.6 Å². The number of hydrogen-bond acceptors (Lipinski definition) is 4. The zero-order valence-electron chi connectivity index (χ0n) is 10.1. The van der Waals surface area contributed by atoms with Gasteiger partial charge in [-0.25, -0.2) is 4.98 Å². The Morgan fingerprint density at radius 3 is 3.00 bits per heavy atom. The van der Waals surface area contributed by atoms with Gasteiger partial charge in [0.25, 0.3) is 5.91 Å². The average molecular weight is 245 g/mol. The molecule has 0 saturated heterocycles. The fourth-order valence-electron chi connectivity index (χ4n) is 1.52.